The molecular formula is C21H20F2N2O2S2. The second-order valence-corrected chi connectivity index (χ2v) is 8.36. The van der Waals surface area contributed by atoms with Crippen LogP contribution >= 0.6 is 23.1 Å². The molecule has 0 saturated carbocycles. The van der Waals surface area contributed by atoms with Crippen LogP contribution in [-0.4, -0.2) is 22.7 Å². The van der Waals surface area contributed by atoms with Crippen molar-refractivity contribution >= 4 is 34.7 Å². The molecule has 4 nitrogen and oxygen atoms in total. The minimum atomic E-state index is -0.796. The van der Waals surface area contributed by atoms with Gasteiger partial charge in [0.05, 0.1) is 23.2 Å². The van der Waals surface area contributed by atoms with Gasteiger partial charge in [0.2, 0.25) is 5.91 Å². The van der Waals surface area contributed by atoms with Gasteiger partial charge in [-0.2, -0.15) is 0 Å². The molecule has 0 aliphatic carbocycles. The molecular weight excluding hydrogens is 414 g/mol. The topological polar surface area (TPSA) is 51.2 Å². The van der Waals surface area contributed by atoms with E-state index in [0.29, 0.717) is 12.4 Å². The van der Waals surface area contributed by atoms with Gasteiger partial charge in [-0.3, -0.25) is 4.79 Å². The van der Waals surface area contributed by atoms with Crippen molar-refractivity contribution in [1.29, 1.82) is 0 Å². The summed E-state index contributed by atoms with van der Waals surface area (Å²) in [7, 11) is 0. The highest BCUT2D eigenvalue weighted by Gasteiger charge is 2.16. The van der Waals surface area contributed by atoms with E-state index in [9.17, 15) is 13.6 Å². The zero-order valence-corrected chi connectivity index (χ0v) is 17.6. The number of benzene rings is 2. The highest BCUT2D eigenvalue weighted by Crippen LogP contribution is 2.28. The molecule has 0 saturated heterocycles. The number of nitrogens with zero attached hydrogens (tertiary/aromatic N) is 1. The third-order valence-electron chi connectivity index (χ3n) is 4.00. The summed E-state index contributed by atoms with van der Waals surface area (Å²) < 4.78 is 32.1. The van der Waals surface area contributed by atoms with Crippen molar-refractivity contribution in [1.82, 2.24) is 4.98 Å². The molecule has 3 rings (SSSR count). The first kappa shape index (κ1) is 21.3. The van der Waals surface area contributed by atoms with Crippen molar-refractivity contribution in [3.8, 4) is 16.3 Å². The Kier molecular flexibility index (Phi) is 7.22. The average molecular weight is 435 g/mol. The predicted molar refractivity (Wildman–Crippen MR) is 114 cm³/mol. The molecule has 1 atom stereocenters. The monoisotopic (exact) mass is 434 g/mol. The van der Waals surface area contributed by atoms with Crippen LogP contribution < -0.4 is 10.1 Å². The van der Waals surface area contributed by atoms with Crippen molar-refractivity contribution < 1.29 is 18.3 Å². The molecule has 2 aromatic carbocycles. The molecule has 1 heterocycles. The number of thiazole rings is 1. The van der Waals surface area contributed by atoms with E-state index in [1.165, 1.54) is 29.2 Å². The fourth-order valence-corrected chi connectivity index (χ4v) is 4.19. The number of rotatable bonds is 8. The maximum atomic E-state index is 13.7. The number of nitrogens with one attached hydrogen (secondary N) is 1. The van der Waals surface area contributed by atoms with Gasteiger partial charge in [-0.25, -0.2) is 13.8 Å². The number of ether oxygens (including phenoxy) is 1. The molecule has 0 spiro atoms. The largest absolute Gasteiger partial charge is 0.494 e. The van der Waals surface area contributed by atoms with Crippen LogP contribution in [0.5, 0.6) is 5.75 Å². The minimum absolute atomic E-state index is 0.0321. The Morgan fingerprint density at radius 2 is 2.00 bits per heavy atom. The second kappa shape index (κ2) is 9.84. The zero-order valence-electron chi connectivity index (χ0n) is 15.9. The minimum Gasteiger partial charge on any atom is -0.494 e. The maximum absolute atomic E-state index is 13.7. The summed E-state index contributed by atoms with van der Waals surface area (Å²) in [4.78, 5) is 16.9. The number of amides is 1. The molecule has 3 aromatic rings. The van der Waals surface area contributed by atoms with E-state index in [0.717, 1.165) is 34.1 Å². The Bertz CT molecular complexity index is 977. The van der Waals surface area contributed by atoms with Crippen molar-refractivity contribution in [2.24, 2.45) is 0 Å². The van der Waals surface area contributed by atoms with Crippen LogP contribution in [-0.2, 0) is 10.5 Å². The van der Waals surface area contributed by atoms with Crippen molar-refractivity contribution in [3.05, 3.63) is 65.2 Å². The molecule has 152 valence electrons. The number of aromatic nitrogens is 1. The van der Waals surface area contributed by atoms with E-state index in [4.69, 9.17) is 4.74 Å². The van der Waals surface area contributed by atoms with Crippen LogP contribution in [0.3, 0.4) is 0 Å². The molecule has 0 aliphatic rings. The lowest BCUT2D eigenvalue weighted by molar-refractivity contribution is -0.115. The van der Waals surface area contributed by atoms with Crippen molar-refractivity contribution in [2.45, 2.75) is 24.9 Å². The lowest BCUT2D eigenvalue weighted by Crippen LogP contribution is -2.23. The summed E-state index contributed by atoms with van der Waals surface area (Å²) in [6.07, 6.45) is 0. The van der Waals surface area contributed by atoms with E-state index in [1.807, 2.05) is 36.6 Å². The third-order valence-corrected chi connectivity index (χ3v) is 6.12. The fourth-order valence-electron chi connectivity index (χ4n) is 2.48. The molecule has 1 aromatic heterocycles. The summed E-state index contributed by atoms with van der Waals surface area (Å²) in [5.74, 6) is -0.457. The van der Waals surface area contributed by atoms with Crippen LogP contribution in [0.25, 0.3) is 10.6 Å². The highest BCUT2D eigenvalue weighted by molar-refractivity contribution is 7.99. The Hall–Kier alpha value is -2.45. The van der Waals surface area contributed by atoms with Crippen LogP contribution in [0.4, 0.5) is 14.5 Å². The zero-order chi connectivity index (χ0) is 20.8. The Morgan fingerprint density at radius 3 is 2.69 bits per heavy atom. The standard InChI is InChI=1S/C21H20F2N2O2S2/c1-3-27-17-7-4-14(5-8-17)21-24-16(12-29-21)11-28-13(2)20(26)25-19-9-6-15(22)10-18(19)23/h4-10,12-13H,3,11H2,1-2H3,(H,25,26). The predicted octanol–water partition coefficient (Wildman–Crippen LogP) is 5.75. The van der Waals surface area contributed by atoms with Gasteiger partial charge in [-0.1, -0.05) is 0 Å². The lowest BCUT2D eigenvalue weighted by atomic mass is 10.2. The van der Waals surface area contributed by atoms with Crippen LogP contribution in [0.2, 0.25) is 0 Å². The second-order valence-electron chi connectivity index (χ2n) is 6.17. The van der Waals surface area contributed by atoms with E-state index in [2.05, 4.69) is 10.3 Å². The van der Waals surface area contributed by atoms with Gasteiger partial charge < -0.3 is 10.1 Å². The van der Waals surface area contributed by atoms with Gasteiger partial charge in [0.1, 0.15) is 22.4 Å². The first-order chi connectivity index (χ1) is 14.0. The summed E-state index contributed by atoms with van der Waals surface area (Å²) in [6.45, 7) is 4.30. The van der Waals surface area contributed by atoms with E-state index in [-0.39, 0.29) is 11.6 Å². The van der Waals surface area contributed by atoms with E-state index >= 15 is 0 Å². The van der Waals surface area contributed by atoms with Crippen LogP contribution in [0.15, 0.2) is 47.8 Å². The van der Waals surface area contributed by atoms with Gasteiger partial charge in [0, 0.05) is 22.8 Å². The van der Waals surface area contributed by atoms with E-state index in [1.54, 1.807) is 6.92 Å². The summed E-state index contributed by atoms with van der Waals surface area (Å²) in [5.41, 5.74) is 1.85. The molecule has 1 N–H and O–H groups in total. The first-order valence-corrected chi connectivity index (χ1v) is 10.9. The highest BCUT2D eigenvalue weighted by atomic mass is 32.2. The van der Waals surface area contributed by atoms with Gasteiger partial charge in [0.25, 0.3) is 0 Å². The number of carbonyl (C=O) groups is 1. The Labute approximate surface area is 176 Å². The number of hydrogen-bond acceptors (Lipinski definition) is 5. The number of hydrogen-bond donors (Lipinski definition) is 1. The Morgan fingerprint density at radius 1 is 1.24 bits per heavy atom. The van der Waals surface area contributed by atoms with Gasteiger partial charge in [-0.05, 0) is 50.2 Å². The molecule has 0 aliphatic heterocycles. The van der Waals surface area contributed by atoms with Crippen LogP contribution in [0, 0.1) is 11.6 Å². The quantitative estimate of drug-likeness (QED) is 0.491. The number of carbonyl (C=O) groups excluding carboxylic acids is 1. The Balaban J connectivity index is 1.55. The lowest BCUT2D eigenvalue weighted by Gasteiger charge is -2.12. The van der Waals surface area contributed by atoms with Crippen molar-refractivity contribution in [3.63, 3.8) is 0 Å². The summed E-state index contributed by atoms with van der Waals surface area (Å²) in [6, 6.07) is 10.8. The molecule has 8 heteroatoms. The van der Waals surface area contributed by atoms with Crippen LogP contribution in [0.1, 0.15) is 19.5 Å². The van der Waals surface area contributed by atoms with Crippen molar-refractivity contribution in [2.75, 3.05) is 11.9 Å². The molecule has 0 radical (unpaired) electrons. The molecule has 29 heavy (non-hydrogen) atoms. The summed E-state index contributed by atoms with van der Waals surface area (Å²) >= 11 is 2.94. The third kappa shape index (κ3) is 5.77. The first-order valence-electron chi connectivity index (χ1n) is 9.01. The fraction of sp³-hybridized carbons (Fsp3) is 0.238. The normalized spacial score (nSPS) is 11.9. The average Bonchev–Trinajstić information content (AvgIpc) is 3.18. The molecule has 0 bridgehead atoms. The number of anilines is 1. The number of thioether (sulfide) groups is 1. The molecule has 0 fully saturated rings. The maximum Gasteiger partial charge on any atom is 0.237 e. The van der Waals surface area contributed by atoms with Gasteiger partial charge in [-0.15, -0.1) is 23.1 Å². The smallest absolute Gasteiger partial charge is 0.237 e. The molecule has 1 amide bonds. The van der Waals surface area contributed by atoms with Gasteiger partial charge in [0.15, 0.2) is 0 Å². The molecule has 1 unspecified atom stereocenters. The number of halogens is 2. The van der Waals surface area contributed by atoms with E-state index < -0.39 is 16.9 Å². The van der Waals surface area contributed by atoms with Gasteiger partial charge >= 0.3 is 0 Å². The summed E-state index contributed by atoms with van der Waals surface area (Å²) in [5, 5.41) is 4.93. The SMILES string of the molecule is CCOc1ccc(-c2nc(CSC(C)C(=O)Nc3ccc(F)cc3F)cs2)cc1.